The Labute approximate surface area is 153 Å². The van der Waals surface area contributed by atoms with Gasteiger partial charge in [0, 0.05) is 25.0 Å². The van der Waals surface area contributed by atoms with Crippen LogP contribution >= 0.6 is 12.2 Å². The van der Waals surface area contributed by atoms with E-state index >= 15 is 0 Å². The number of carbonyl (C=O) groups excluding carboxylic acids is 1. The van der Waals surface area contributed by atoms with Gasteiger partial charge in [-0.3, -0.25) is 5.01 Å². The minimum Gasteiger partial charge on any atom is -0.357 e. The highest BCUT2D eigenvalue weighted by Gasteiger charge is 2.28. The van der Waals surface area contributed by atoms with Gasteiger partial charge >= 0.3 is 6.03 Å². The topological polar surface area (TPSA) is 47.6 Å². The lowest BCUT2D eigenvalue weighted by molar-refractivity contribution is 0.136. The van der Waals surface area contributed by atoms with Gasteiger partial charge in [0.1, 0.15) is 0 Å². The molecular formula is C19H22N4OS. The summed E-state index contributed by atoms with van der Waals surface area (Å²) in [6, 6.07) is 13.7. The monoisotopic (exact) mass is 354 g/mol. The molecule has 0 aromatic heterocycles. The molecule has 2 amide bonds. The van der Waals surface area contributed by atoms with Gasteiger partial charge in [0.25, 0.3) is 0 Å². The zero-order valence-corrected chi connectivity index (χ0v) is 15.1. The fourth-order valence-corrected chi connectivity index (χ4v) is 3.13. The Balaban J connectivity index is 1.73. The van der Waals surface area contributed by atoms with Crippen molar-refractivity contribution in [1.82, 2.24) is 15.3 Å². The molecule has 0 aliphatic carbocycles. The highest BCUT2D eigenvalue weighted by atomic mass is 32.1. The Kier molecular flexibility index (Phi) is 5.19. The van der Waals surface area contributed by atoms with Crippen molar-refractivity contribution in [3.05, 3.63) is 54.6 Å². The maximum atomic E-state index is 12.8. The third-order valence-electron chi connectivity index (χ3n) is 4.07. The fourth-order valence-electron chi connectivity index (χ4n) is 2.87. The van der Waals surface area contributed by atoms with Crippen molar-refractivity contribution >= 4 is 39.8 Å². The molecule has 2 aromatic carbocycles. The van der Waals surface area contributed by atoms with Crippen LogP contribution in [0.25, 0.3) is 10.8 Å². The number of hydrogen-bond acceptors (Lipinski definition) is 2. The third kappa shape index (κ3) is 3.91. The summed E-state index contributed by atoms with van der Waals surface area (Å²) >= 11 is 5.42. The van der Waals surface area contributed by atoms with Crippen LogP contribution in [0.3, 0.4) is 0 Å². The molecule has 5 nitrogen and oxygen atoms in total. The number of thiocarbonyl (C=S) groups is 1. The summed E-state index contributed by atoms with van der Waals surface area (Å²) in [5.41, 5.74) is 1.80. The van der Waals surface area contributed by atoms with Crippen LogP contribution in [-0.4, -0.2) is 40.8 Å². The van der Waals surface area contributed by atoms with Crippen molar-refractivity contribution in [3.8, 4) is 0 Å². The predicted octanol–water partition coefficient (Wildman–Crippen LogP) is 3.75. The minimum absolute atomic E-state index is 0.173. The van der Waals surface area contributed by atoms with E-state index in [0.717, 1.165) is 35.0 Å². The first-order valence-corrected chi connectivity index (χ1v) is 8.73. The summed E-state index contributed by atoms with van der Waals surface area (Å²) in [6.07, 6.45) is 0.887. The van der Waals surface area contributed by atoms with E-state index < -0.39 is 0 Å². The summed E-state index contributed by atoms with van der Waals surface area (Å²) in [5.74, 6) is 0. The molecule has 0 saturated carbocycles. The van der Waals surface area contributed by atoms with Crippen LogP contribution in [0.5, 0.6) is 0 Å². The van der Waals surface area contributed by atoms with E-state index in [1.165, 1.54) is 0 Å². The molecule has 0 spiro atoms. The van der Waals surface area contributed by atoms with Gasteiger partial charge in [0.05, 0.1) is 5.69 Å². The fraction of sp³-hybridized carbons (Fsp3) is 0.263. The molecular weight excluding hydrogens is 332 g/mol. The third-order valence-corrected chi connectivity index (χ3v) is 4.43. The van der Waals surface area contributed by atoms with Crippen LogP contribution < -0.4 is 10.6 Å². The van der Waals surface area contributed by atoms with Crippen LogP contribution in [0.4, 0.5) is 10.5 Å². The molecule has 1 aliphatic heterocycles. The van der Waals surface area contributed by atoms with Crippen molar-refractivity contribution in [1.29, 1.82) is 0 Å². The summed E-state index contributed by atoms with van der Waals surface area (Å²) in [5, 5.41) is 12.3. The van der Waals surface area contributed by atoms with Gasteiger partial charge in [-0.2, -0.15) is 0 Å². The maximum Gasteiger partial charge on any atom is 0.340 e. The van der Waals surface area contributed by atoms with E-state index in [0.29, 0.717) is 18.2 Å². The number of urea groups is 1. The van der Waals surface area contributed by atoms with Gasteiger partial charge in [0.2, 0.25) is 0 Å². The minimum atomic E-state index is -0.173. The number of hydrazine groups is 1. The molecule has 0 bridgehead atoms. The largest absolute Gasteiger partial charge is 0.357 e. The number of nitrogens with zero attached hydrogens (tertiary/aromatic N) is 2. The number of rotatable bonds is 3. The second kappa shape index (κ2) is 7.53. The van der Waals surface area contributed by atoms with Crippen LogP contribution in [0.2, 0.25) is 0 Å². The molecule has 2 aromatic rings. The molecule has 0 unspecified atom stereocenters. The predicted molar refractivity (Wildman–Crippen MR) is 106 cm³/mol. The molecule has 1 saturated heterocycles. The summed E-state index contributed by atoms with van der Waals surface area (Å²) in [6.45, 7) is 7.77. The maximum absolute atomic E-state index is 12.8. The lowest BCUT2D eigenvalue weighted by atomic mass is 10.1. The lowest BCUT2D eigenvalue weighted by Gasteiger charge is -2.30. The molecule has 0 atom stereocenters. The standard InChI is InChI=1S/C19H22N4OS/c1-14(2)13-20-19(25)23-12-6-11-22(23)18(24)21-17-10-5-8-15-7-3-4-9-16(15)17/h3-5,7-10H,1,6,11-13H2,2H3,(H,20,25)(H,21,24). The Bertz CT molecular complexity index is 815. The smallest absolute Gasteiger partial charge is 0.340 e. The van der Waals surface area contributed by atoms with Gasteiger partial charge in [-0.05, 0) is 37.0 Å². The highest BCUT2D eigenvalue weighted by Crippen LogP contribution is 2.24. The van der Waals surface area contributed by atoms with Crippen molar-refractivity contribution < 1.29 is 4.79 Å². The summed E-state index contributed by atoms with van der Waals surface area (Å²) < 4.78 is 0. The molecule has 1 fully saturated rings. The number of benzene rings is 2. The van der Waals surface area contributed by atoms with E-state index in [-0.39, 0.29) is 6.03 Å². The second-order valence-corrected chi connectivity index (χ2v) is 6.56. The number of nitrogens with one attached hydrogen (secondary N) is 2. The van der Waals surface area contributed by atoms with Gasteiger partial charge in [0.15, 0.2) is 5.11 Å². The van der Waals surface area contributed by atoms with Gasteiger partial charge in [-0.1, -0.05) is 48.6 Å². The quantitative estimate of drug-likeness (QED) is 0.651. The molecule has 1 aliphatic rings. The van der Waals surface area contributed by atoms with E-state index in [2.05, 4.69) is 17.2 Å². The zero-order valence-electron chi connectivity index (χ0n) is 14.3. The first kappa shape index (κ1) is 17.2. The van der Waals surface area contributed by atoms with Crippen molar-refractivity contribution in [3.63, 3.8) is 0 Å². The molecule has 6 heteroatoms. The second-order valence-electron chi connectivity index (χ2n) is 6.17. The Morgan fingerprint density at radius 1 is 1.16 bits per heavy atom. The van der Waals surface area contributed by atoms with Crippen molar-refractivity contribution in [2.24, 2.45) is 0 Å². The Morgan fingerprint density at radius 2 is 1.88 bits per heavy atom. The zero-order chi connectivity index (χ0) is 17.8. The molecule has 3 rings (SSSR count). The van der Waals surface area contributed by atoms with Crippen LogP contribution in [0, 0.1) is 0 Å². The van der Waals surface area contributed by atoms with Crippen molar-refractivity contribution in [2.45, 2.75) is 13.3 Å². The molecule has 1 heterocycles. The number of anilines is 1. The Hall–Kier alpha value is -2.60. The molecule has 2 N–H and O–H groups in total. The Morgan fingerprint density at radius 3 is 2.68 bits per heavy atom. The normalized spacial score (nSPS) is 13.8. The van der Waals surface area contributed by atoms with Crippen LogP contribution in [-0.2, 0) is 0 Å². The molecule has 130 valence electrons. The number of carbonyl (C=O) groups is 1. The lowest BCUT2D eigenvalue weighted by Crippen LogP contribution is -2.50. The van der Waals surface area contributed by atoms with Crippen LogP contribution in [0.15, 0.2) is 54.6 Å². The summed E-state index contributed by atoms with van der Waals surface area (Å²) in [4.78, 5) is 12.8. The number of amides is 2. The SMILES string of the molecule is C=C(C)CNC(=S)N1CCCN1C(=O)Nc1cccc2ccccc12. The average molecular weight is 354 g/mol. The first-order chi connectivity index (χ1) is 12.1. The highest BCUT2D eigenvalue weighted by molar-refractivity contribution is 7.80. The number of hydrogen-bond donors (Lipinski definition) is 2. The van der Waals surface area contributed by atoms with E-state index in [4.69, 9.17) is 12.2 Å². The van der Waals surface area contributed by atoms with Gasteiger partial charge in [-0.25, -0.2) is 9.80 Å². The van der Waals surface area contributed by atoms with E-state index in [1.54, 1.807) is 5.01 Å². The number of fused-ring (bicyclic) bond motifs is 1. The van der Waals surface area contributed by atoms with Crippen LogP contribution in [0.1, 0.15) is 13.3 Å². The van der Waals surface area contributed by atoms with Crippen molar-refractivity contribution in [2.75, 3.05) is 25.0 Å². The first-order valence-electron chi connectivity index (χ1n) is 8.32. The van der Waals surface area contributed by atoms with E-state index in [9.17, 15) is 4.79 Å². The average Bonchev–Trinajstić information content (AvgIpc) is 3.10. The molecule has 25 heavy (non-hydrogen) atoms. The van der Waals surface area contributed by atoms with E-state index in [1.807, 2.05) is 54.4 Å². The molecule has 0 radical (unpaired) electrons. The van der Waals surface area contributed by atoms with Gasteiger partial charge in [-0.15, -0.1) is 0 Å². The summed E-state index contributed by atoms with van der Waals surface area (Å²) in [7, 11) is 0. The van der Waals surface area contributed by atoms with Gasteiger partial charge < -0.3 is 10.6 Å².